The molecule has 1 unspecified atom stereocenters. The van der Waals surface area contributed by atoms with E-state index in [-0.39, 0.29) is 22.4 Å². The molecule has 0 N–H and O–H groups in total. The van der Waals surface area contributed by atoms with Gasteiger partial charge in [0.05, 0.1) is 5.56 Å². The maximum Gasteiger partial charge on any atom is 0.451 e. The fourth-order valence-electron chi connectivity index (χ4n) is 2.45. The van der Waals surface area contributed by atoms with Crippen LogP contribution in [0.3, 0.4) is 0 Å². The molecule has 0 aliphatic rings. The van der Waals surface area contributed by atoms with Crippen LogP contribution in [0.5, 0.6) is 5.75 Å². The van der Waals surface area contributed by atoms with Crippen LogP contribution in [0.2, 0.25) is 5.22 Å². The number of benzene rings is 1. The Morgan fingerprint density at radius 2 is 1.83 bits per heavy atom. The molecule has 2 heterocycles. The summed E-state index contributed by atoms with van der Waals surface area (Å²) in [5.41, 5.74) is -0.769. The maximum atomic E-state index is 14.4. The van der Waals surface area contributed by atoms with E-state index in [2.05, 4.69) is 15.0 Å². The molecule has 1 aromatic carbocycles. The molecule has 0 spiro atoms. The van der Waals surface area contributed by atoms with E-state index in [0.717, 1.165) is 31.5 Å². The third-order valence-corrected chi connectivity index (χ3v) is 4.10. The summed E-state index contributed by atoms with van der Waals surface area (Å²) in [7, 11) is 0. The summed E-state index contributed by atoms with van der Waals surface area (Å²) in [4.78, 5) is 21.9. The first-order valence-electron chi connectivity index (χ1n) is 8.20. The lowest BCUT2D eigenvalue weighted by Gasteiger charge is -2.13. The standard InChI is InChI=1S/C18H11ClF5N3O3/c1-7(28)12-10(20)3-4-11(13(12)21)29-8(2)16-27-14(15(19)30-16)9-5-25-17(26-6-9)18(22,23)24/h3-6,8H,1-2H3. The van der Waals surface area contributed by atoms with Gasteiger partial charge in [-0.3, -0.25) is 4.79 Å². The monoisotopic (exact) mass is 447 g/mol. The Kier molecular flexibility index (Phi) is 5.75. The Bertz CT molecular complexity index is 1100. The maximum absolute atomic E-state index is 14.4. The molecule has 12 heteroatoms. The highest BCUT2D eigenvalue weighted by molar-refractivity contribution is 6.31. The summed E-state index contributed by atoms with van der Waals surface area (Å²) < 4.78 is 76.3. The van der Waals surface area contributed by atoms with Crippen LogP contribution in [-0.2, 0) is 6.18 Å². The van der Waals surface area contributed by atoms with Crippen molar-refractivity contribution in [2.24, 2.45) is 0 Å². The predicted molar refractivity (Wildman–Crippen MR) is 92.9 cm³/mol. The van der Waals surface area contributed by atoms with Gasteiger partial charge >= 0.3 is 6.18 Å². The topological polar surface area (TPSA) is 78.1 Å². The van der Waals surface area contributed by atoms with Crippen LogP contribution >= 0.6 is 11.6 Å². The lowest BCUT2D eigenvalue weighted by molar-refractivity contribution is -0.144. The number of ether oxygens (including phenoxy) is 1. The van der Waals surface area contributed by atoms with Crippen LogP contribution < -0.4 is 4.74 Å². The largest absolute Gasteiger partial charge is 0.478 e. The van der Waals surface area contributed by atoms with Gasteiger partial charge in [-0.15, -0.1) is 0 Å². The van der Waals surface area contributed by atoms with E-state index in [1.807, 2.05) is 0 Å². The van der Waals surface area contributed by atoms with Crippen molar-refractivity contribution < 1.29 is 35.9 Å². The van der Waals surface area contributed by atoms with Crippen LogP contribution in [0.15, 0.2) is 28.9 Å². The van der Waals surface area contributed by atoms with Crippen LogP contribution in [0.25, 0.3) is 11.3 Å². The van der Waals surface area contributed by atoms with E-state index < -0.39 is 46.8 Å². The van der Waals surface area contributed by atoms with Crippen LogP contribution in [0.4, 0.5) is 22.0 Å². The van der Waals surface area contributed by atoms with E-state index in [1.165, 1.54) is 6.92 Å². The molecule has 0 saturated heterocycles. The number of hydrogen-bond acceptors (Lipinski definition) is 6. The number of hydrogen-bond donors (Lipinski definition) is 0. The number of carbonyl (C=O) groups excluding carboxylic acids is 1. The summed E-state index contributed by atoms with van der Waals surface area (Å²) in [5, 5.41) is -0.284. The molecule has 0 amide bonds. The molecule has 158 valence electrons. The molecule has 0 aliphatic carbocycles. The second-order valence-electron chi connectivity index (χ2n) is 6.02. The zero-order chi connectivity index (χ0) is 22.2. The number of aromatic nitrogens is 3. The van der Waals surface area contributed by atoms with Gasteiger partial charge in [-0.05, 0) is 37.6 Å². The molecular formula is C18H11ClF5N3O3. The molecule has 0 radical (unpaired) electrons. The number of ketones is 1. The van der Waals surface area contributed by atoms with Gasteiger partial charge in [0.2, 0.25) is 16.9 Å². The number of oxazole rings is 1. The van der Waals surface area contributed by atoms with Crippen molar-refractivity contribution in [2.45, 2.75) is 26.1 Å². The third-order valence-electron chi connectivity index (χ3n) is 3.84. The highest BCUT2D eigenvalue weighted by atomic mass is 35.5. The first-order chi connectivity index (χ1) is 14.0. The number of nitrogens with zero attached hydrogens (tertiary/aromatic N) is 3. The van der Waals surface area contributed by atoms with E-state index in [0.29, 0.717) is 0 Å². The minimum absolute atomic E-state index is 0.0435. The van der Waals surface area contributed by atoms with Crippen molar-refractivity contribution in [3.63, 3.8) is 0 Å². The highest BCUT2D eigenvalue weighted by Gasteiger charge is 2.34. The Balaban J connectivity index is 1.87. The first kappa shape index (κ1) is 21.6. The Labute approximate surface area is 170 Å². The predicted octanol–water partition coefficient (Wildman–Crippen LogP) is 5.42. The first-order valence-corrected chi connectivity index (χ1v) is 8.58. The summed E-state index contributed by atoms with van der Waals surface area (Å²) in [6.07, 6.45) is -4.02. The van der Waals surface area contributed by atoms with Crippen molar-refractivity contribution in [2.75, 3.05) is 0 Å². The van der Waals surface area contributed by atoms with E-state index in [1.54, 1.807) is 0 Å². The van der Waals surface area contributed by atoms with Crippen molar-refractivity contribution in [3.05, 3.63) is 58.7 Å². The average Bonchev–Trinajstić information content (AvgIpc) is 3.05. The van der Waals surface area contributed by atoms with Crippen LogP contribution in [-0.4, -0.2) is 20.7 Å². The molecule has 6 nitrogen and oxygen atoms in total. The SMILES string of the molecule is CC(=O)c1c(F)ccc(OC(C)c2nc(-c3cnc(C(F)(F)F)nc3)c(Cl)o2)c1F. The summed E-state index contributed by atoms with van der Waals surface area (Å²) in [6.45, 7) is 2.41. The van der Waals surface area contributed by atoms with Gasteiger partial charge in [0.1, 0.15) is 11.5 Å². The fourth-order valence-corrected chi connectivity index (χ4v) is 2.68. The second-order valence-corrected chi connectivity index (χ2v) is 6.36. The molecule has 0 aliphatic heterocycles. The molecular weight excluding hydrogens is 437 g/mol. The number of alkyl halides is 3. The Hall–Kier alpha value is -3.08. The highest BCUT2D eigenvalue weighted by Crippen LogP contribution is 2.33. The third kappa shape index (κ3) is 4.25. The second kappa shape index (κ2) is 7.98. The minimum atomic E-state index is -4.71. The zero-order valence-electron chi connectivity index (χ0n) is 15.2. The lowest BCUT2D eigenvalue weighted by Crippen LogP contribution is -2.10. The van der Waals surface area contributed by atoms with Gasteiger partial charge in [0.25, 0.3) is 0 Å². The van der Waals surface area contributed by atoms with Crippen molar-refractivity contribution >= 4 is 17.4 Å². The quantitative estimate of drug-likeness (QED) is 0.383. The normalized spacial score (nSPS) is 12.7. The van der Waals surface area contributed by atoms with E-state index >= 15 is 0 Å². The van der Waals surface area contributed by atoms with Gasteiger partial charge in [0.15, 0.2) is 23.5 Å². The fraction of sp³-hybridized carbons (Fsp3) is 0.222. The number of halogens is 6. The smallest absolute Gasteiger partial charge is 0.451 e. The summed E-state index contributed by atoms with van der Waals surface area (Å²) in [5.74, 6) is -4.97. The van der Waals surface area contributed by atoms with Gasteiger partial charge in [0, 0.05) is 18.0 Å². The van der Waals surface area contributed by atoms with Crippen molar-refractivity contribution in [1.82, 2.24) is 15.0 Å². The molecule has 2 aromatic heterocycles. The number of rotatable bonds is 5. The molecule has 30 heavy (non-hydrogen) atoms. The van der Waals surface area contributed by atoms with E-state index in [9.17, 15) is 26.7 Å². The van der Waals surface area contributed by atoms with Gasteiger partial charge in [-0.2, -0.15) is 13.2 Å². The Morgan fingerprint density at radius 1 is 1.20 bits per heavy atom. The van der Waals surface area contributed by atoms with E-state index in [4.69, 9.17) is 20.8 Å². The summed E-state index contributed by atoms with van der Waals surface area (Å²) in [6, 6.07) is 1.86. The lowest BCUT2D eigenvalue weighted by atomic mass is 10.1. The van der Waals surface area contributed by atoms with Gasteiger partial charge in [-0.1, -0.05) is 0 Å². The van der Waals surface area contributed by atoms with Gasteiger partial charge in [-0.25, -0.2) is 23.7 Å². The summed E-state index contributed by atoms with van der Waals surface area (Å²) >= 11 is 5.94. The molecule has 3 rings (SSSR count). The minimum Gasteiger partial charge on any atom is -0.478 e. The molecule has 0 fully saturated rings. The van der Waals surface area contributed by atoms with Crippen molar-refractivity contribution in [1.29, 1.82) is 0 Å². The van der Waals surface area contributed by atoms with Crippen LogP contribution in [0, 0.1) is 11.6 Å². The van der Waals surface area contributed by atoms with Gasteiger partial charge < -0.3 is 9.15 Å². The number of carbonyl (C=O) groups is 1. The zero-order valence-corrected chi connectivity index (χ0v) is 16.0. The molecule has 0 bridgehead atoms. The number of Topliss-reactive ketones (excluding diaryl/α,β-unsaturated/α-hetero) is 1. The Morgan fingerprint density at radius 3 is 2.40 bits per heavy atom. The molecule has 1 atom stereocenters. The van der Waals surface area contributed by atoms with Crippen LogP contribution in [0.1, 0.15) is 42.0 Å². The average molecular weight is 448 g/mol. The van der Waals surface area contributed by atoms with Crippen molar-refractivity contribution in [3.8, 4) is 17.0 Å². The molecule has 3 aromatic rings. The molecule has 0 saturated carbocycles.